The first-order valence-corrected chi connectivity index (χ1v) is 5.03. The van der Waals surface area contributed by atoms with Gasteiger partial charge in [0, 0.05) is 0 Å². The van der Waals surface area contributed by atoms with Gasteiger partial charge in [-0.25, -0.2) is 0 Å². The third kappa shape index (κ3) is 2.13. The van der Waals surface area contributed by atoms with E-state index in [9.17, 15) is 0 Å². The minimum Gasteiger partial charge on any atom is -0.411 e. The Morgan fingerprint density at radius 2 is 1.86 bits per heavy atom. The van der Waals surface area contributed by atoms with Crippen molar-refractivity contribution in [3.63, 3.8) is 0 Å². The molecular weight excluding hydrogens is 174 g/mol. The Balaban J connectivity index is 3.14. The molecule has 1 aromatic carbocycles. The fourth-order valence-electron chi connectivity index (χ4n) is 1.58. The molecule has 1 rings (SSSR count). The molecule has 0 atom stereocenters. The number of aryl methyl sites for hydroxylation is 2. The zero-order chi connectivity index (χ0) is 10.6. The third-order valence-corrected chi connectivity index (χ3v) is 2.54. The summed E-state index contributed by atoms with van der Waals surface area (Å²) in [5, 5.41) is 11.9. The summed E-state index contributed by atoms with van der Waals surface area (Å²) in [5.74, 6) is 0. The van der Waals surface area contributed by atoms with Crippen LogP contribution >= 0.6 is 0 Å². The fourth-order valence-corrected chi connectivity index (χ4v) is 1.58. The largest absolute Gasteiger partial charge is 0.411 e. The second kappa shape index (κ2) is 4.80. The molecule has 0 aliphatic carbocycles. The van der Waals surface area contributed by atoms with Crippen LogP contribution in [0.15, 0.2) is 23.4 Å². The lowest BCUT2D eigenvalue weighted by Gasteiger charge is -2.07. The number of benzene rings is 1. The summed E-state index contributed by atoms with van der Waals surface area (Å²) in [6, 6.07) is 6.23. The normalized spacial score (nSPS) is 11.8. The molecule has 0 fully saturated rings. The molecule has 76 valence electrons. The molecule has 0 aromatic heterocycles. The number of nitrogens with zero attached hydrogens (tertiary/aromatic N) is 1. The lowest BCUT2D eigenvalue weighted by atomic mass is 9.98. The van der Waals surface area contributed by atoms with Crippen LogP contribution in [0.4, 0.5) is 0 Å². The summed E-state index contributed by atoms with van der Waals surface area (Å²) in [5.41, 5.74) is 4.39. The van der Waals surface area contributed by atoms with Crippen LogP contribution in [0.25, 0.3) is 0 Å². The van der Waals surface area contributed by atoms with E-state index in [1.807, 2.05) is 6.07 Å². The predicted octanol–water partition coefficient (Wildman–Crippen LogP) is 3.01. The maximum absolute atomic E-state index is 8.67. The molecule has 0 aliphatic rings. The van der Waals surface area contributed by atoms with E-state index in [-0.39, 0.29) is 0 Å². The first-order valence-electron chi connectivity index (χ1n) is 5.03. The molecule has 0 unspecified atom stereocenters. The van der Waals surface area contributed by atoms with Gasteiger partial charge in [0.1, 0.15) is 0 Å². The van der Waals surface area contributed by atoms with Crippen LogP contribution in [-0.2, 0) is 12.8 Å². The number of hydrogen-bond acceptors (Lipinski definition) is 2. The van der Waals surface area contributed by atoms with Crippen molar-refractivity contribution >= 4 is 5.71 Å². The van der Waals surface area contributed by atoms with Crippen molar-refractivity contribution in [2.45, 2.75) is 33.6 Å². The summed E-state index contributed by atoms with van der Waals surface area (Å²) in [6.45, 7) is 6.10. The van der Waals surface area contributed by atoms with Gasteiger partial charge in [0.25, 0.3) is 0 Å². The van der Waals surface area contributed by atoms with Gasteiger partial charge in [-0.2, -0.15) is 0 Å². The molecule has 0 heterocycles. The number of hydrogen-bond donors (Lipinski definition) is 1. The molecule has 0 saturated heterocycles. The monoisotopic (exact) mass is 191 g/mol. The number of rotatable bonds is 3. The molecule has 14 heavy (non-hydrogen) atoms. The molecule has 0 saturated carbocycles. The summed E-state index contributed by atoms with van der Waals surface area (Å²) < 4.78 is 0. The van der Waals surface area contributed by atoms with E-state index in [0.29, 0.717) is 5.71 Å². The quantitative estimate of drug-likeness (QED) is 0.444. The van der Waals surface area contributed by atoms with Crippen molar-refractivity contribution in [2.75, 3.05) is 0 Å². The van der Waals surface area contributed by atoms with Crippen molar-refractivity contribution in [3.05, 3.63) is 34.9 Å². The summed E-state index contributed by atoms with van der Waals surface area (Å²) in [6.07, 6.45) is 2.08. The van der Waals surface area contributed by atoms with Crippen molar-refractivity contribution in [1.29, 1.82) is 0 Å². The maximum atomic E-state index is 8.67. The van der Waals surface area contributed by atoms with Crippen molar-refractivity contribution in [1.82, 2.24) is 0 Å². The zero-order valence-electron chi connectivity index (χ0n) is 9.04. The first kappa shape index (κ1) is 10.8. The highest BCUT2D eigenvalue weighted by atomic mass is 16.4. The minimum absolute atomic E-state index is 0.669. The highest BCUT2D eigenvalue weighted by molar-refractivity contribution is 5.98. The predicted molar refractivity (Wildman–Crippen MR) is 59.2 cm³/mol. The van der Waals surface area contributed by atoms with E-state index in [2.05, 4.69) is 31.1 Å². The molecule has 0 bridgehead atoms. The second-order valence-corrected chi connectivity index (χ2v) is 3.38. The van der Waals surface area contributed by atoms with Crippen LogP contribution in [0.2, 0.25) is 0 Å². The van der Waals surface area contributed by atoms with Gasteiger partial charge >= 0.3 is 0 Å². The Morgan fingerprint density at radius 1 is 1.21 bits per heavy atom. The molecule has 2 nitrogen and oxygen atoms in total. The zero-order valence-corrected chi connectivity index (χ0v) is 9.04. The van der Waals surface area contributed by atoms with Gasteiger partial charge in [-0.15, -0.1) is 0 Å². The highest BCUT2D eigenvalue weighted by Gasteiger charge is 2.03. The van der Waals surface area contributed by atoms with Gasteiger partial charge in [-0.3, -0.25) is 0 Å². The smallest absolute Gasteiger partial charge is 0.0837 e. The van der Waals surface area contributed by atoms with Gasteiger partial charge in [0.15, 0.2) is 0 Å². The molecule has 0 spiro atoms. The van der Waals surface area contributed by atoms with Gasteiger partial charge in [-0.05, 0) is 42.5 Å². The highest BCUT2D eigenvalue weighted by Crippen LogP contribution is 2.14. The molecular formula is C12H17NO. The summed E-state index contributed by atoms with van der Waals surface area (Å²) in [7, 11) is 0. The van der Waals surface area contributed by atoms with Crippen molar-refractivity contribution in [3.8, 4) is 0 Å². The van der Waals surface area contributed by atoms with Gasteiger partial charge in [-0.1, -0.05) is 31.1 Å². The summed E-state index contributed by atoms with van der Waals surface area (Å²) in [4.78, 5) is 0. The lowest BCUT2D eigenvalue weighted by Crippen LogP contribution is -1.98. The van der Waals surface area contributed by atoms with Crippen LogP contribution in [0.3, 0.4) is 0 Å². The Morgan fingerprint density at radius 3 is 2.36 bits per heavy atom. The van der Waals surface area contributed by atoms with Crippen LogP contribution in [0.5, 0.6) is 0 Å². The van der Waals surface area contributed by atoms with Crippen molar-refractivity contribution < 1.29 is 5.21 Å². The van der Waals surface area contributed by atoms with E-state index >= 15 is 0 Å². The minimum atomic E-state index is 0.669. The molecule has 2 heteroatoms. The van der Waals surface area contributed by atoms with Crippen LogP contribution < -0.4 is 0 Å². The molecule has 0 amide bonds. The molecule has 1 aromatic rings. The van der Waals surface area contributed by atoms with Crippen LogP contribution in [-0.4, -0.2) is 10.9 Å². The van der Waals surface area contributed by atoms with E-state index in [1.165, 1.54) is 11.1 Å². The second-order valence-electron chi connectivity index (χ2n) is 3.38. The Kier molecular flexibility index (Phi) is 3.69. The SMILES string of the molecule is CCc1ccc(/C(C)=N/O)cc1CC. The standard InChI is InChI=1S/C12H17NO/c1-4-10-6-7-12(9(3)13-14)8-11(10)5-2/h6-8,14H,4-5H2,1-3H3/b13-9+. The lowest BCUT2D eigenvalue weighted by molar-refractivity contribution is 0.319. The topological polar surface area (TPSA) is 32.6 Å². The van der Waals surface area contributed by atoms with E-state index in [4.69, 9.17) is 5.21 Å². The average Bonchev–Trinajstić information content (AvgIpc) is 2.26. The molecule has 0 aliphatic heterocycles. The third-order valence-electron chi connectivity index (χ3n) is 2.54. The van der Waals surface area contributed by atoms with Crippen LogP contribution in [0.1, 0.15) is 37.5 Å². The summed E-state index contributed by atoms with van der Waals surface area (Å²) >= 11 is 0. The average molecular weight is 191 g/mol. The number of oxime groups is 1. The van der Waals surface area contributed by atoms with Crippen molar-refractivity contribution in [2.24, 2.45) is 5.16 Å². The Labute approximate surface area is 85.3 Å². The molecule has 0 radical (unpaired) electrons. The fraction of sp³-hybridized carbons (Fsp3) is 0.417. The van der Waals surface area contributed by atoms with Crippen LogP contribution in [0, 0.1) is 0 Å². The van der Waals surface area contributed by atoms with E-state index in [1.54, 1.807) is 6.92 Å². The van der Waals surface area contributed by atoms with E-state index in [0.717, 1.165) is 18.4 Å². The van der Waals surface area contributed by atoms with Gasteiger partial charge in [0.05, 0.1) is 5.71 Å². The van der Waals surface area contributed by atoms with Gasteiger partial charge in [0.2, 0.25) is 0 Å². The maximum Gasteiger partial charge on any atom is 0.0837 e. The first-order chi connectivity index (χ1) is 6.72. The van der Waals surface area contributed by atoms with Gasteiger partial charge < -0.3 is 5.21 Å². The van der Waals surface area contributed by atoms with E-state index < -0.39 is 0 Å². The Hall–Kier alpha value is -1.31. The Bertz CT molecular complexity index is 342. The molecule has 1 N–H and O–H groups in total.